The van der Waals surface area contributed by atoms with Crippen LogP contribution in [0, 0.1) is 0 Å². The first kappa shape index (κ1) is 15.5. The van der Waals surface area contributed by atoms with Crippen LogP contribution in [0.25, 0.3) is 20.8 Å². The average Bonchev–Trinajstić information content (AvgIpc) is 3.20. The van der Waals surface area contributed by atoms with E-state index in [0.29, 0.717) is 6.42 Å². The molecule has 0 radical (unpaired) electrons. The first-order chi connectivity index (χ1) is 11.7. The maximum atomic E-state index is 11.6. The Labute approximate surface area is 149 Å². The molecule has 122 valence electrons. The van der Waals surface area contributed by atoms with E-state index in [4.69, 9.17) is 11.6 Å². The Morgan fingerprint density at radius 3 is 2.88 bits per heavy atom. The molecule has 0 spiro atoms. The number of fused-ring (bicyclic) bond motifs is 1. The third-order valence-electron chi connectivity index (χ3n) is 4.28. The van der Waals surface area contributed by atoms with E-state index in [1.165, 1.54) is 0 Å². The summed E-state index contributed by atoms with van der Waals surface area (Å²) in [5.74, 6) is 0.272. The second-order valence-electron chi connectivity index (χ2n) is 5.90. The highest BCUT2D eigenvalue weighted by Crippen LogP contribution is 2.35. The van der Waals surface area contributed by atoms with E-state index in [9.17, 15) is 4.79 Å². The highest BCUT2D eigenvalue weighted by molar-refractivity contribution is 7.22. The predicted molar refractivity (Wildman–Crippen MR) is 97.4 cm³/mol. The molecule has 0 aliphatic carbocycles. The third-order valence-corrected chi connectivity index (χ3v) is 5.89. The molecule has 0 aromatic carbocycles. The van der Waals surface area contributed by atoms with Crippen LogP contribution in [0.15, 0.2) is 36.7 Å². The van der Waals surface area contributed by atoms with Crippen LogP contribution < -0.4 is 0 Å². The molecule has 1 aliphatic heterocycles. The van der Waals surface area contributed by atoms with Crippen molar-refractivity contribution in [2.75, 3.05) is 13.1 Å². The lowest BCUT2D eigenvalue weighted by molar-refractivity contribution is -0.127. The maximum Gasteiger partial charge on any atom is 0.222 e. The van der Waals surface area contributed by atoms with Crippen LogP contribution in [-0.4, -0.2) is 33.9 Å². The van der Waals surface area contributed by atoms with E-state index in [2.05, 4.69) is 16.0 Å². The molecule has 1 fully saturated rings. The smallest absolute Gasteiger partial charge is 0.222 e. The van der Waals surface area contributed by atoms with Gasteiger partial charge in [0.1, 0.15) is 0 Å². The summed E-state index contributed by atoms with van der Waals surface area (Å²) in [6.07, 6.45) is 6.14. The standard InChI is InChI=1S/C18H16ClN3OS/c19-13-5-7-20-15-10-16(24-18(13)15)14-4-3-12(11-21-14)6-9-22-8-1-2-17(22)23/h3-5,7,10-11H,1-2,6,8-9H2. The van der Waals surface area contributed by atoms with Gasteiger partial charge in [0.2, 0.25) is 5.91 Å². The minimum Gasteiger partial charge on any atom is -0.342 e. The number of halogens is 1. The van der Waals surface area contributed by atoms with Crippen LogP contribution >= 0.6 is 22.9 Å². The van der Waals surface area contributed by atoms with Gasteiger partial charge in [0.05, 0.1) is 25.8 Å². The molecule has 4 heterocycles. The Hall–Kier alpha value is -1.98. The van der Waals surface area contributed by atoms with Crippen molar-refractivity contribution in [3.8, 4) is 10.6 Å². The van der Waals surface area contributed by atoms with E-state index in [1.807, 2.05) is 23.2 Å². The summed E-state index contributed by atoms with van der Waals surface area (Å²) in [6.45, 7) is 1.67. The monoisotopic (exact) mass is 357 g/mol. The molecule has 1 amide bonds. The minimum absolute atomic E-state index is 0.272. The van der Waals surface area contributed by atoms with Crippen molar-refractivity contribution in [2.24, 2.45) is 0 Å². The van der Waals surface area contributed by atoms with Gasteiger partial charge in [0, 0.05) is 31.9 Å². The summed E-state index contributed by atoms with van der Waals surface area (Å²) in [4.78, 5) is 23.6. The van der Waals surface area contributed by atoms with Crippen molar-refractivity contribution in [2.45, 2.75) is 19.3 Å². The first-order valence-corrected chi connectivity index (χ1v) is 9.17. The Morgan fingerprint density at radius 2 is 2.17 bits per heavy atom. The summed E-state index contributed by atoms with van der Waals surface area (Å²) in [5, 5.41) is 0.725. The van der Waals surface area contributed by atoms with Crippen LogP contribution in [0.5, 0.6) is 0 Å². The van der Waals surface area contributed by atoms with Gasteiger partial charge in [-0.25, -0.2) is 0 Å². The SMILES string of the molecule is O=C1CCCN1CCc1ccc(-c2cc3nccc(Cl)c3s2)nc1. The van der Waals surface area contributed by atoms with Gasteiger partial charge in [0.25, 0.3) is 0 Å². The molecule has 1 aliphatic rings. The van der Waals surface area contributed by atoms with Gasteiger partial charge in [0.15, 0.2) is 0 Å². The highest BCUT2D eigenvalue weighted by Gasteiger charge is 2.19. The number of aromatic nitrogens is 2. The van der Waals surface area contributed by atoms with Gasteiger partial charge in [-0.15, -0.1) is 11.3 Å². The molecular weight excluding hydrogens is 342 g/mol. The van der Waals surface area contributed by atoms with Crippen LogP contribution in [0.4, 0.5) is 0 Å². The fourth-order valence-electron chi connectivity index (χ4n) is 2.96. The summed E-state index contributed by atoms with van der Waals surface area (Å²) in [6, 6.07) is 7.94. The minimum atomic E-state index is 0.272. The fourth-order valence-corrected chi connectivity index (χ4v) is 4.22. The summed E-state index contributed by atoms with van der Waals surface area (Å²) >= 11 is 7.82. The lowest BCUT2D eigenvalue weighted by atomic mass is 10.2. The average molecular weight is 358 g/mol. The van der Waals surface area contributed by atoms with Crippen molar-refractivity contribution in [3.63, 3.8) is 0 Å². The number of likely N-dealkylation sites (tertiary alicyclic amines) is 1. The van der Waals surface area contributed by atoms with Gasteiger partial charge >= 0.3 is 0 Å². The van der Waals surface area contributed by atoms with Gasteiger partial charge in [-0.05, 0) is 36.6 Å². The molecule has 3 aromatic heterocycles. The van der Waals surface area contributed by atoms with Crippen LogP contribution in [0.1, 0.15) is 18.4 Å². The number of thiophene rings is 1. The summed E-state index contributed by atoms with van der Waals surface area (Å²) in [7, 11) is 0. The Bertz CT molecular complexity index is 891. The van der Waals surface area contributed by atoms with Crippen molar-refractivity contribution in [3.05, 3.63) is 47.2 Å². The van der Waals surface area contributed by atoms with Gasteiger partial charge < -0.3 is 4.90 Å². The van der Waals surface area contributed by atoms with Crippen LogP contribution in [0.3, 0.4) is 0 Å². The number of rotatable bonds is 4. The zero-order valence-electron chi connectivity index (χ0n) is 13.0. The number of carbonyl (C=O) groups is 1. The number of nitrogens with zero attached hydrogens (tertiary/aromatic N) is 3. The van der Waals surface area contributed by atoms with Crippen LogP contribution in [-0.2, 0) is 11.2 Å². The molecule has 0 unspecified atom stereocenters. The molecule has 0 N–H and O–H groups in total. The van der Waals surface area contributed by atoms with E-state index < -0.39 is 0 Å². The number of hydrogen-bond donors (Lipinski definition) is 0. The third kappa shape index (κ3) is 3.01. The highest BCUT2D eigenvalue weighted by atomic mass is 35.5. The molecule has 4 rings (SSSR count). The molecule has 0 saturated carbocycles. The summed E-state index contributed by atoms with van der Waals surface area (Å²) in [5.41, 5.74) is 2.98. The quantitative estimate of drug-likeness (QED) is 0.703. The molecule has 0 bridgehead atoms. The second kappa shape index (κ2) is 6.49. The zero-order valence-corrected chi connectivity index (χ0v) is 14.6. The molecular formula is C18H16ClN3OS. The summed E-state index contributed by atoms with van der Waals surface area (Å²) < 4.78 is 0.993. The van der Waals surface area contributed by atoms with Crippen molar-refractivity contribution in [1.29, 1.82) is 0 Å². The Balaban J connectivity index is 1.50. The Kier molecular flexibility index (Phi) is 4.21. The van der Waals surface area contributed by atoms with Crippen LogP contribution in [0.2, 0.25) is 5.02 Å². The molecule has 3 aromatic rings. The number of hydrogen-bond acceptors (Lipinski definition) is 4. The molecule has 24 heavy (non-hydrogen) atoms. The largest absolute Gasteiger partial charge is 0.342 e. The lowest BCUT2D eigenvalue weighted by Gasteiger charge is -2.14. The van der Waals surface area contributed by atoms with Gasteiger partial charge in [-0.3, -0.25) is 14.8 Å². The van der Waals surface area contributed by atoms with E-state index >= 15 is 0 Å². The van der Waals surface area contributed by atoms with Crippen molar-refractivity contribution >= 4 is 39.1 Å². The zero-order chi connectivity index (χ0) is 16.5. The topological polar surface area (TPSA) is 46.1 Å². The van der Waals surface area contributed by atoms with E-state index in [-0.39, 0.29) is 5.91 Å². The molecule has 4 nitrogen and oxygen atoms in total. The molecule has 6 heteroatoms. The predicted octanol–water partition coefficient (Wildman–Crippen LogP) is 4.18. The number of amides is 1. The second-order valence-corrected chi connectivity index (χ2v) is 7.36. The van der Waals surface area contributed by atoms with E-state index in [0.717, 1.165) is 57.3 Å². The first-order valence-electron chi connectivity index (χ1n) is 7.98. The lowest BCUT2D eigenvalue weighted by Crippen LogP contribution is -2.26. The number of carbonyl (C=O) groups excluding carboxylic acids is 1. The fraction of sp³-hybridized carbons (Fsp3) is 0.278. The van der Waals surface area contributed by atoms with Crippen molar-refractivity contribution in [1.82, 2.24) is 14.9 Å². The van der Waals surface area contributed by atoms with Crippen molar-refractivity contribution < 1.29 is 4.79 Å². The van der Waals surface area contributed by atoms with Gasteiger partial charge in [-0.2, -0.15) is 0 Å². The normalized spacial score (nSPS) is 14.7. The maximum absolute atomic E-state index is 11.6. The van der Waals surface area contributed by atoms with Gasteiger partial charge in [-0.1, -0.05) is 17.7 Å². The molecule has 1 saturated heterocycles. The van der Waals surface area contributed by atoms with E-state index in [1.54, 1.807) is 23.6 Å². The molecule has 0 atom stereocenters. The Morgan fingerprint density at radius 1 is 1.25 bits per heavy atom. The number of pyridine rings is 2.